The molecule has 0 spiro atoms. The minimum absolute atomic E-state index is 0.0400. The van der Waals surface area contributed by atoms with E-state index in [-0.39, 0.29) is 5.91 Å². The Bertz CT molecular complexity index is 771. The van der Waals surface area contributed by atoms with E-state index in [9.17, 15) is 4.79 Å². The molecule has 1 aromatic heterocycles. The second-order valence-electron chi connectivity index (χ2n) is 7.44. The number of nitrogens with one attached hydrogen (secondary N) is 1. The maximum Gasteiger partial charge on any atom is 0.220 e. The first-order valence-corrected chi connectivity index (χ1v) is 10.5. The van der Waals surface area contributed by atoms with Crippen LogP contribution in [0.1, 0.15) is 30.9 Å². The maximum absolute atomic E-state index is 12.1. The van der Waals surface area contributed by atoms with Gasteiger partial charge in [-0.25, -0.2) is 4.98 Å². The van der Waals surface area contributed by atoms with Crippen molar-refractivity contribution in [1.29, 1.82) is 0 Å². The summed E-state index contributed by atoms with van der Waals surface area (Å²) in [6.07, 6.45) is 3.02. The number of likely N-dealkylation sites (N-methyl/N-ethyl adjacent to an activating group) is 1. The van der Waals surface area contributed by atoms with Crippen molar-refractivity contribution in [1.82, 2.24) is 15.2 Å². The number of hydrogen-bond donors (Lipinski definition) is 1. The molecular weight excluding hydrogens is 364 g/mol. The van der Waals surface area contributed by atoms with Crippen molar-refractivity contribution in [3.05, 3.63) is 53.7 Å². The molecule has 1 aliphatic rings. The van der Waals surface area contributed by atoms with Crippen molar-refractivity contribution in [3.63, 3.8) is 0 Å². The Hall–Kier alpha value is -2.60. The maximum atomic E-state index is 12.1. The molecule has 0 saturated carbocycles. The van der Waals surface area contributed by atoms with Crippen LogP contribution in [-0.4, -0.2) is 55.1 Å². The minimum atomic E-state index is 0.0400. The summed E-state index contributed by atoms with van der Waals surface area (Å²) >= 11 is 0. The van der Waals surface area contributed by atoms with Crippen LogP contribution in [0.5, 0.6) is 5.75 Å². The van der Waals surface area contributed by atoms with Crippen molar-refractivity contribution in [2.45, 2.75) is 33.2 Å². The number of aryl methyl sites for hydroxylation is 1. The van der Waals surface area contributed by atoms with Crippen molar-refractivity contribution >= 4 is 11.7 Å². The molecule has 0 atom stereocenters. The summed E-state index contributed by atoms with van der Waals surface area (Å²) < 4.78 is 5.74. The second-order valence-corrected chi connectivity index (χ2v) is 7.44. The summed E-state index contributed by atoms with van der Waals surface area (Å²) in [5.41, 5.74) is 2.13. The summed E-state index contributed by atoms with van der Waals surface area (Å²) in [6.45, 7) is 10.6. The van der Waals surface area contributed by atoms with Gasteiger partial charge < -0.3 is 19.9 Å². The van der Waals surface area contributed by atoms with Gasteiger partial charge in [0.15, 0.2) is 0 Å². The molecule has 0 bridgehead atoms. The molecule has 6 heteroatoms. The number of carbonyl (C=O) groups is 1. The molecule has 0 radical (unpaired) electrons. The van der Waals surface area contributed by atoms with Gasteiger partial charge in [-0.1, -0.05) is 31.2 Å². The Labute approximate surface area is 173 Å². The number of para-hydroxylation sites is 1. The van der Waals surface area contributed by atoms with Crippen LogP contribution in [0.3, 0.4) is 0 Å². The lowest BCUT2D eigenvalue weighted by molar-refractivity contribution is -0.121. The summed E-state index contributed by atoms with van der Waals surface area (Å²) in [5.74, 6) is 1.94. The molecule has 2 heterocycles. The van der Waals surface area contributed by atoms with Gasteiger partial charge in [-0.3, -0.25) is 4.79 Å². The van der Waals surface area contributed by atoms with Crippen molar-refractivity contribution in [2.75, 3.05) is 44.2 Å². The van der Waals surface area contributed by atoms with E-state index in [2.05, 4.69) is 39.2 Å². The topological polar surface area (TPSA) is 57.7 Å². The largest absolute Gasteiger partial charge is 0.493 e. The van der Waals surface area contributed by atoms with Crippen molar-refractivity contribution < 1.29 is 9.53 Å². The molecule has 1 saturated heterocycles. The van der Waals surface area contributed by atoms with E-state index < -0.39 is 0 Å². The highest BCUT2D eigenvalue weighted by atomic mass is 16.5. The standard InChI is InChI=1S/C23H32N4O2/c1-3-26-12-14-27(15-13-26)22-11-10-20(17-24-22)18-25-23(28)9-6-16-29-21-8-5-4-7-19(21)2/h4-5,7-8,10-11,17H,3,6,9,12-16,18H2,1-2H3,(H,25,28). The minimum Gasteiger partial charge on any atom is -0.493 e. The molecule has 2 aromatic rings. The molecule has 1 aliphatic heterocycles. The number of benzene rings is 1. The summed E-state index contributed by atoms with van der Waals surface area (Å²) in [7, 11) is 0. The third kappa shape index (κ3) is 6.46. The molecule has 1 amide bonds. The van der Waals surface area contributed by atoms with Gasteiger partial charge in [0.25, 0.3) is 0 Å². The molecule has 29 heavy (non-hydrogen) atoms. The van der Waals surface area contributed by atoms with E-state index in [1.807, 2.05) is 37.4 Å². The van der Waals surface area contributed by atoms with Gasteiger partial charge in [-0.2, -0.15) is 0 Å². The molecule has 1 N–H and O–H groups in total. The molecule has 3 rings (SSSR count). The van der Waals surface area contributed by atoms with Gasteiger partial charge in [0.2, 0.25) is 5.91 Å². The predicted octanol–water partition coefficient (Wildman–Crippen LogP) is 3.01. The number of anilines is 1. The van der Waals surface area contributed by atoms with Crippen LogP contribution in [0.4, 0.5) is 5.82 Å². The molecule has 0 unspecified atom stereocenters. The lowest BCUT2D eigenvalue weighted by Gasteiger charge is -2.34. The molecule has 1 aromatic carbocycles. The second kappa shape index (κ2) is 10.8. The fourth-order valence-electron chi connectivity index (χ4n) is 3.42. The Morgan fingerprint density at radius 1 is 1.14 bits per heavy atom. The molecule has 6 nitrogen and oxygen atoms in total. The first-order valence-electron chi connectivity index (χ1n) is 10.5. The zero-order valence-corrected chi connectivity index (χ0v) is 17.6. The Kier molecular flexibility index (Phi) is 7.87. The van der Waals surface area contributed by atoms with Gasteiger partial charge in [-0.15, -0.1) is 0 Å². The highest BCUT2D eigenvalue weighted by molar-refractivity contribution is 5.75. The summed E-state index contributed by atoms with van der Waals surface area (Å²) in [5, 5.41) is 2.97. The van der Waals surface area contributed by atoms with Crippen LogP contribution >= 0.6 is 0 Å². The van der Waals surface area contributed by atoms with E-state index in [0.29, 0.717) is 26.0 Å². The van der Waals surface area contributed by atoms with Crippen LogP contribution in [0, 0.1) is 6.92 Å². The number of ether oxygens (including phenoxy) is 1. The van der Waals surface area contributed by atoms with Gasteiger partial charge in [0.05, 0.1) is 6.61 Å². The van der Waals surface area contributed by atoms with Crippen LogP contribution in [0.15, 0.2) is 42.6 Å². The first kappa shape index (κ1) is 21.1. The SMILES string of the molecule is CCN1CCN(c2ccc(CNC(=O)CCCOc3ccccc3C)cn2)CC1. The molecule has 156 valence electrons. The summed E-state index contributed by atoms with van der Waals surface area (Å²) in [4.78, 5) is 21.4. The van der Waals surface area contributed by atoms with Crippen LogP contribution in [0.25, 0.3) is 0 Å². The van der Waals surface area contributed by atoms with Crippen molar-refractivity contribution in [2.24, 2.45) is 0 Å². The molecular formula is C23H32N4O2. The number of hydrogen-bond acceptors (Lipinski definition) is 5. The van der Waals surface area contributed by atoms with Crippen LogP contribution in [-0.2, 0) is 11.3 Å². The van der Waals surface area contributed by atoms with Gasteiger partial charge in [0.1, 0.15) is 11.6 Å². The zero-order chi connectivity index (χ0) is 20.5. The van der Waals surface area contributed by atoms with Gasteiger partial charge >= 0.3 is 0 Å². The Morgan fingerprint density at radius 2 is 1.93 bits per heavy atom. The van der Waals surface area contributed by atoms with E-state index in [4.69, 9.17) is 4.74 Å². The van der Waals surface area contributed by atoms with E-state index in [1.54, 1.807) is 0 Å². The van der Waals surface area contributed by atoms with Gasteiger partial charge in [0, 0.05) is 45.3 Å². The fraction of sp³-hybridized carbons (Fsp3) is 0.478. The first-order chi connectivity index (χ1) is 14.2. The van der Waals surface area contributed by atoms with E-state index in [0.717, 1.165) is 55.4 Å². The third-order valence-electron chi connectivity index (χ3n) is 5.34. The number of amides is 1. The van der Waals surface area contributed by atoms with Crippen LogP contribution in [0.2, 0.25) is 0 Å². The quantitative estimate of drug-likeness (QED) is 0.661. The zero-order valence-electron chi connectivity index (χ0n) is 17.6. The monoisotopic (exact) mass is 396 g/mol. The highest BCUT2D eigenvalue weighted by Gasteiger charge is 2.16. The Balaban J connectivity index is 1.34. The lowest BCUT2D eigenvalue weighted by Crippen LogP contribution is -2.46. The van der Waals surface area contributed by atoms with E-state index in [1.165, 1.54) is 0 Å². The number of carbonyl (C=O) groups excluding carboxylic acids is 1. The van der Waals surface area contributed by atoms with Crippen LogP contribution < -0.4 is 15.0 Å². The number of pyridine rings is 1. The summed E-state index contributed by atoms with van der Waals surface area (Å²) in [6, 6.07) is 12.0. The normalized spacial score (nSPS) is 14.6. The van der Waals surface area contributed by atoms with Gasteiger partial charge in [-0.05, 0) is 43.1 Å². The number of piperazine rings is 1. The molecule has 1 fully saturated rings. The van der Waals surface area contributed by atoms with E-state index >= 15 is 0 Å². The van der Waals surface area contributed by atoms with Crippen molar-refractivity contribution in [3.8, 4) is 5.75 Å². The predicted molar refractivity (Wildman–Crippen MR) is 116 cm³/mol. The smallest absolute Gasteiger partial charge is 0.220 e. The Morgan fingerprint density at radius 3 is 2.62 bits per heavy atom. The number of rotatable bonds is 9. The fourth-order valence-corrected chi connectivity index (χ4v) is 3.42. The third-order valence-corrected chi connectivity index (χ3v) is 5.34. The molecule has 0 aliphatic carbocycles. The average molecular weight is 397 g/mol. The highest BCUT2D eigenvalue weighted by Crippen LogP contribution is 2.16. The lowest BCUT2D eigenvalue weighted by atomic mass is 10.2. The number of aromatic nitrogens is 1. The average Bonchev–Trinajstić information content (AvgIpc) is 2.77. The number of nitrogens with zero attached hydrogens (tertiary/aromatic N) is 3.